The number of nitrogens with zero attached hydrogens (tertiary/aromatic N) is 1. The van der Waals surface area contributed by atoms with Gasteiger partial charge in [-0.05, 0) is 17.7 Å². The Morgan fingerprint density at radius 3 is 2.38 bits per heavy atom. The van der Waals surface area contributed by atoms with Crippen molar-refractivity contribution in [2.24, 2.45) is 0 Å². The number of nitrogens with one attached hydrogen (secondary N) is 1. The van der Waals surface area contributed by atoms with E-state index in [0.717, 1.165) is 43.9 Å². The van der Waals surface area contributed by atoms with Crippen molar-refractivity contribution >= 4 is 0 Å². The number of hydrogen-bond acceptors (Lipinski definition) is 3. The number of halogens is 4. The highest BCUT2D eigenvalue weighted by molar-refractivity contribution is 5.31. The summed E-state index contributed by atoms with van der Waals surface area (Å²) >= 11 is 0. The van der Waals surface area contributed by atoms with Crippen LogP contribution in [0.2, 0.25) is 0 Å². The molecular weight excluding hydrogens is 348 g/mol. The molecule has 3 nitrogen and oxygen atoms in total. The summed E-state index contributed by atoms with van der Waals surface area (Å²) in [4.78, 5) is 2.22. The molecule has 0 radical (unpaired) electrons. The molecule has 1 aliphatic rings. The lowest BCUT2D eigenvalue weighted by molar-refractivity contribution is -0.137. The van der Waals surface area contributed by atoms with Crippen LogP contribution in [0.3, 0.4) is 0 Å². The van der Waals surface area contributed by atoms with Gasteiger partial charge >= 0.3 is 6.18 Å². The normalized spacial score (nSPS) is 17.1. The topological polar surface area (TPSA) is 24.5 Å². The van der Waals surface area contributed by atoms with Crippen LogP contribution in [-0.4, -0.2) is 37.7 Å². The van der Waals surface area contributed by atoms with Crippen LogP contribution in [0.15, 0.2) is 48.5 Å². The van der Waals surface area contributed by atoms with Gasteiger partial charge in [-0.1, -0.05) is 30.3 Å². The lowest BCUT2D eigenvalue weighted by Gasteiger charge is -2.35. The molecule has 1 aliphatic heterocycles. The van der Waals surface area contributed by atoms with Gasteiger partial charge in [-0.15, -0.1) is 0 Å². The third-order valence-corrected chi connectivity index (χ3v) is 4.38. The molecule has 26 heavy (non-hydrogen) atoms. The van der Waals surface area contributed by atoms with Crippen LogP contribution in [0, 0.1) is 5.82 Å². The molecule has 1 atom stereocenters. The molecule has 1 unspecified atom stereocenters. The quantitative estimate of drug-likeness (QED) is 0.811. The fraction of sp³-hybridized carbons (Fsp3) is 0.368. The van der Waals surface area contributed by atoms with E-state index in [0.29, 0.717) is 6.07 Å². The van der Waals surface area contributed by atoms with Gasteiger partial charge in [0.2, 0.25) is 0 Å². The van der Waals surface area contributed by atoms with Crippen molar-refractivity contribution in [1.29, 1.82) is 0 Å². The molecule has 0 saturated carbocycles. The first-order chi connectivity index (χ1) is 12.4. The van der Waals surface area contributed by atoms with Crippen LogP contribution < -0.4 is 10.1 Å². The molecule has 0 aliphatic carbocycles. The van der Waals surface area contributed by atoms with Gasteiger partial charge in [0.05, 0.1) is 11.6 Å². The Morgan fingerprint density at radius 2 is 1.73 bits per heavy atom. The summed E-state index contributed by atoms with van der Waals surface area (Å²) < 4.78 is 57.7. The highest BCUT2D eigenvalue weighted by atomic mass is 19.4. The van der Waals surface area contributed by atoms with Gasteiger partial charge in [0.1, 0.15) is 18.2 Å². The highest BCUT2D eigenvalue weighted by Gasteiger charge is 2.32. The zero-order chi connectivity index (χ0) is 18.6. The number of rotatable bonds is 5. The molecule has 1 fully saturated rings. The zero-order valence-corrected chi connectivity index (χ0v) is 14.1. The summed E-state index contributed by atoms with van der Waals surface area (Å²) in [7, 11) is 0. The van der Waals surface area contributed by atoms with Crippen LogP contribution in [-0.2, 0) is 6.18 Å². The van der Waals surface area contributed by atoms with E-state index in [9.17, 15) is 17.6 Å². The number of benzene rings is 2. The van der Waals surface area contributed by atoms with Crippen molar-refractivity contribution in [3.05, 3.63) is 65.5 Å². The first-order valence-electron chi connectivity index (χ1n) is 8.44. The van der Waals surface area contributed by atoms with E-state index in [-0.39, 0.29) is 18.4 Å². The van der Waals surface area contributed by atoms with Crippen molar-refractivity contribution in [2.75, 3.05) is 32.8 Å². The zero-order valence-electron chi connectivity index (χ0n) is 14.1. The van der Waals surface area contributed by atoms with Crippen molar-refractivity contribution in [2.45, 2.75) is 12.2 Å². The van der Waals surface area contributed by atoms with Crippen LogP contribution in [0.4, 0.5) is 17.6 Å². The Hall–Kier alpha value is -2.12. The summed E-state index contributed by atoms with van der Waals surface area (Å²) in [5.41, 5.74) is -0.0345. The molecule has 1 saturated heterocycles. The van der Waals surface area contributed by atoms with E-state index in [1.54, 1.807) is 0 Å². The van der Waals surface area contributed by atoms with Crippen molar-refractivity contribution in [1.82, 2.24) is 10.2 Å². The molecule has 3 rings (SSSR count). The van der Waals surface area contributed by atoms with Gasteiger partial charge in [0, 0.05) is 32.2 Å². The SMILES string of the molecule is Fc1cc(OCC(c2ccccc2)N2CCNCC2)cc(C(F)(F)F)c1. The molecular formula is C19H20F4N2O. The molecule has 7 heteroatoms. The summed E-state index contributed by atoms with van der Waals surface area (Å²) in [6.07, 6.45) is -4.61. The molecule has 1 heterocycles. The van der Waals surface area contributed by atoms with Crippen LogP contribution >= 0.6 is 0 Å². The van der Waals surface area contributed by atoms with Crippen molar-refractivity contribution in [3.8, 4) is 5.75 Å². The van der Waals surface area contributed by atoms with Crippen LogP contribution in [0.5, 0.6) is 5.75 Å². The van der Waals surface area contributed by atoms with Crippen molar-refractivity contribution in [3.63, 3.8) is 0 Å². The summed E-state index contributed by atoms with van der Waals surface area (Å²) in [5.74, 6) is -1.08. The highest BCUT2D eigenvalue weighted by Crippen LogP contribution is 2.33. The minimum atomic E-state index is -4.61. The Bertz CT molecular complexity index is 715. The standard InChI is InChI=1S/C19H20F4N2O/c20-16-10-15(19(21,22)23)11-17(12-16)26-13-18(14-4-2-1-3-5-14)25-8-6-24-7-9-25/h1-5,10-12,18,24H,6-9,13H2. The predicted molar refractivity (Wildman–Crippen MR) is 90.5 cm³/mol. The van der Waals surface area contributed by atoms with E-state index in [4.69, 9.17) is 4.74 Å². The van der Waals surface area contributed by atoms with E-state index in [2.05, 4.69) is 10.2 Å². The number of piperazine rings is 1. The van der Waals surface area contributed by atoms with Gasteiger partial charge in [0.15, 0.2) is 0 Å². The van der Waals surface area contributed by atoms with E-state index < -0.39 is 17.6 Å². The molecule has 2 aromatic carbocycles. The molecule has 140 valence electrons. The number of hydrogen-bond donors (Lipinski definition) is 1. The molecule has 1 N–H and O–H groups in total. The minimum absolute atomic E-state index is 0.115. The second-order valence-corrected chi connectivity index (χ2v) is 6.20. The Labute approximate surface area is 149 Å². The second-order valence-electron chi connectivity index (χ2n) is 6.20. The number of alkyl halides is 3. The molecule has 2 aromatic rings. The number of ether oxygens (including phenoxy) is 1. The largest absolute Gasteiger partial charge is 0.491 e. The second kappa shape index (κ2) is 8.05. The maximum absolute atomic E-state index is 13.6. The van der Waals surface area contributed by atoms with Gasteiger partial charge in [-0.2, -0.15) is 13.2 Å². The van der Waals surface area contributed by atoms with E-state index >= 15 is 0 Å². The summed E-state index contributed by atoms with van der Waals surface area (Å²) in [6, 6.07) is 11.8. The first kappa shape index (κ1) is 18.7. The Kier molecular flexibility index (Phi) is 5.78. The van der Waals surface area contributed by atoms with Crippen molar-refractivity contribution < 1.29 is 22.3 Å². The lowest BCUT2D eigenvalue weighted by Crippen LogP contribution is -2.46. The van der Waals surface area contributed by atoms with Gasteiger partial charge < -0.3 is 10.1 Å². The molecule has 0 bridgehead atoms. The minimum Gasteiger partial charge on any atom is -0.491 e. The fourth-order valence-corrected chi connectivity index (χ4v) is 3.07. The first-order valence-corrected chi connectivity index (χ1v) is 8.44. The third kappa shape index (κ3) is 4.74. The predicted octanol–water partition coefficient (Wildman–Crippen LogP) is 3.87. The van der Waals surface area contributed by atoms with Crippen LogP contribution in [0.1, 0.15) is 17.2 Å². The Balaban J connectivity index is 1.78. The maximum Gasteiger partial charge on any atom is 0.416 e. The molecule has 0 aromatic heterocycles. The fourth-order valence-electron chi connectivity index (χ4n) is 3.07. The maximum atomic E-state index is 13.6. The smallest absolute Gasteiger partial charge is 0.416 e. The van der Waals surface area contributed by atoms with Crippen LogP contribution in [0.25, 0.3) is 0 Å². The van der Waals surface area contributed by atoms with Gasteiger partial charge in [-0.25, -0.2) is 4.39 Å². The monoisotopic (exact) mass is 368 g/mol. The summed E-state index contributed by atoms with van der Waals surface area (Å²) in [5, 5.41) is 3.27. The van der Waals surface area contributed by atoms with Gasteiger partial charge in [0.25, 0.3) is 0 Å². The lowest BCUT2D eigenvalue weighted by atomic mass is 10.1. The molecule has 0 amide bonds. The summed E-state index contributed by atoms with van der Waals surface area (Å²) in [6.45, 7) is 3.42. The average Bonchev–Trinajstić information content (AvgIpc) is 2.62. The van der Waals surface area contributed by atoms with E-state index in [1.807, 2.05) is 30.3 Å². The third-order valence-electron chi connectivity index (χ3n) is 4.38. The van der Waals surface area contributed by atoms with Gasteiger partial charge in [-0.3, -0.25) is 4.90 Å². The Morgan fingerprint density at radius 1 is 1.04 bits per heavy atom. The molecule has 0 spiro atoms. The average molecular weight is 368 g/mol. The van der Waals surface area contributed by atoms with E-state index in [1.165, 1.54) is 0 Å².